The lowest BCUT2D eigenvalue weighted by atomic mass is 10.1. The summed E-state index contributed by atoms with van der Waals surface area (Å²) >= 11 is 1.15. The van der Waals surface area contributed by atoms with Crippen molar-refractivity contribution < 1.29 is 14.1 Å². The number of hydrogen-bond donors (Lipinski definition) is 1. The zero-order valence-corrected chi connectivity index (χ0v) is 16.4. The van der Waals surface area contributed by atoms with Gasteiger partial charge >= 0.3 is 0 Å². The molecule has 0 atom stereocenters. The van der Waals surface area contributed by atoms with Gasteiger partial charge in [0, 0.05) is 24.0 Å². The number of amidine groups is 2. The molecule has 0 spiro atoms. The van der Waals surface area contributed by atoms with Crippen molar-refractivity contribution in [3.8, 4) is 5.69 Å². The van der Waals surface area contributed by atoms with E-state index in [9.17, 15) is 14.9 Å². The first-order chi connectivity index (χ1) is 15.0. The Morgan fingerprint density at radius 1 is 1.19 bits per heavy atom. The van der Waals surface area contributed by atoms with E-state index in [1.807, 2.05) is 0 Å². The van der Waals surface area contributed by atoms with Gasteiger partial charge in [0.25, 0.3) is 11.6 Å². The number of nitro benzene ring substituents is 1. The lowest BCUT2D eigenvalue weighted by Crippen LogP contribution is -2.35. The summed E-state index contributed by atoms with van der Waals surface area (Å²) in [6.07, 6.45) is 4.76. The third kappa shape index (κ3) is 3.26. The Kier molecular flexibility index (Phi) is 4.37. The molecule has 0 aliphatic carbocycles. The van der Waals surface area contributed by atoms with Crippen LogP contribution in [0.4, 0.5) is 5.69 Å². The lowest BCUT2D eigenvalue weighted by Gasteiger charge is -2.20. The van der Waals surface area contributed by atoms with Crippen LogP contribution in [0.3, 0.4) is 0 Å². The molecule has 152 valence electrons. The second kappa shape index (κ2) is 7.22. The highest BCUT2D eigenvalue weighted by molar-refractivity contribution is 8.27. The minimum absolute atomic E-state index is 0.0468. The Balaban J connectivity index is 1.51. The molecule has 2 aromatic heterocycles. The summed E-state index contributed by atoms with van der Waals surface area (Å²) in [5.74, 6) is -0.158. The van der Waals surface area contributed by atoms with Gasteiger partial charge in [-0.3, -0.25) is 20.3 Å². The molecule has 1 N–H and O–H groups in total. The molecule has 11 heteroatoms. The predicted octanol–water partition coefficient (Wildman–Crippen LogP) is 3.65. The van der Waals surface area contributed by atoms with Crippen molar-refractivity contribution in [2.75, 3.05) is 0 Å². The number of thioether (sulfide) groups is 1. The highest BCUT2D eigenvalue weighted by atomic mass is 32.2. The molecule has 2 aliphatic heterocycles. The molecular formula is C20H12N6O4S. The first-order valence-corrected chi connectivity index (χ1v) is 9.79. The second-order valence-electron chi connectivity index (χ2n) is 6.48. The molecule has 0 saturated carbocycles. The van der Waals surface area contributed by atoms with Crippen LogP contribution in [0.1, 0.15) is 11.5 Å². The van der Waals surface area contributed by atoms with Gasteiger partial charge in [-0.05, 0) is 48.2 Å². The van der Waals surface area contributed by atoms with Crippen molar-refractivity contribution in [2.24, 2.45) is 10.1 Å². The number of carbonyl (C=O) groups is 1. The van der Waals surface area contributed by atoms with Crippen LogP contribution >= 0.6 is 11.8 Å². The number of nitro groups is 1. The van der Waals surface area contributed by atoms with Gasteiger partial charge in [0.2, 0.25) is 5.17 Å². The maximum absolute atomic E-state index is 12.6. The Morgan fingerprint density at radius 3 is 2.84 bits per heavy atom. The van der Waals surface area contributed by atoms with Gasteiger partial charge in [0.05, 0.1) is 22.4 Å². The minimum Gasteiger partial charge on any atom is -0.462 e. The standard InChI is InChI=1S/C20H12N6O4S/c21-17-15(18(27)22-20-25(17)23-19(31-20)16-7-3-9-30-16)11-13-6-2-8-24(13)12-4-1-5-14(10-12)26(28)29/h1-11,21H/b15-11-,21-17?. The molecule has 0 bridgehead atoms. The summed E-state index contributed by atoms with van der Waals surface area (Å²) in [6, 6.07) is 13.1. The van der Waals surface area contributed by atoms with E-state index >= 15 is 0 Å². The third-order valence-electron chi connectivity index (χ3n) is 4.58. The number of amides is 1. The monoisotopic (exact) mass is 432 g/mol. The molecule has 1 amide bonds. The van der Waals surface area contributed by atoms with E-state index in [2.05, 4.69) is 10.1 Å². The fourth-order valence-corrected chi connectivity index (χ4v) is 4.00. The van der Waals surface area contributed by atoms with Crippen LogP contribution in [0.2, 0.25) is 0 Å². The largest absolute Gasteiger partial charge is 0.462 e. The number of fused-ring (bicyclic) bond motifs is 1. The van der Waals surface area contributed by atoms with Crippen LogP contribution in [0.5, 0.6) is 0 Å². The van der Waals surface area contributed by atoms with Crippen LogP contribution in [0.25, 0.3) is 11.8 Å². The number of hydrogen-bond acceptors (Lipinski definition) is 7. The zero-order chi connectivity index (χ0) is 21.5. The number of nitrogens with one attached hydrogen (secondary N) is 1. The van der Waals surface area contributed by atoms with Crippen LogP contribution < -0.4 is 0 Å². The summed E-state index contributed by atoms with van der Waals surface area (Å²) in [6.45, 7) is 0. The number of carbonyl (C=O) groups excluding carboxylic acids is 1. The molecule has 0 radical (unpaired) electrons. The van der Waals surface area contributed by atoms with Gasteiger partial charge in [-0.25, -0.2) is 0 Å². The van der Waals surface area contributed by atoms with Crippen LogP contribution in [0, 0.1) is 15.5 Å². The number of rotatable bonds is 4. The van der Waals surface area contributed by atoms with E-state index in [1.165, 1.54) is 29.5 Å². The molecule has 5 rings (SSSR count). The Labute approximate surface area is 178 Å². The van der Waals surface area contributed by atoms with Crippen molar-refractivity contribution in [2.45, 2.75) is 0 Å². The summed E-state index contributed by atoms with van der Waals surface area (Å²) in [5, 5.41) is 26.0. The quantitative estimate of drug-likeness (QED) is 0.380. The lowest BCUT2D eigenvalue weighted by molar-refractivity contribution is -0.384. The summed E-state index contributed by atoms with van der Waals surface area (Å²) in [7, 11) is 0. The van der Waals surface area contributed by atoms with Crippen LogP contribution in [-0.4, -0.2) is 36.5 Å². The summed E-state index contributed by atoms with van der Waals surface area (Å²) in [4.78, 5) is 27.3. The Bertz CT molecular complexity index is 1340. The molecule has 3 aromatic rings. The number of furan rings is 1. The Morgan fingerprint density at radius 2 is 2.06 bits per heavy atom. The van der Waals surface area contributed by atoms with E-state index in [-0.39, 0.29) is 22.3 Å². The predicted molar refractivity (Wildman–Crippen MR) is 115 cm³/mol. The average Bonchev–Trinajstić information content (AvgIpc) is 3.51. The van der Waals surface area contributed by atoms with Crippen molar-refractivity contribution in [1.82, 2.24) is 9.58 Å². The summed E-state index contributed by atoms with van der Waals surface area (Å²) < 4.78 is 7.02. The van der Waals surface area contributed by atoms with Gasteiger partial charge < -0.3 is 8.98 Å². The van der Waals surface area contributed by atoms with Crippen LogP contribution in [0.15, 0.2) is 81.1 Å². The number of benzene rings is 1. The highest BCUT2D eigenvalue weighted by Gasteiger charge is 2.36. The fourth-order valence-electron chi connectivity index (χ4n) is 3.14. The third-order valence-corrected chi connectivity index (χ3v) is 5.50. The van der Waals surface area contributed by atoms with Crippen molar-refractivity contribution >= 4 is 45.5 Å². The Hall–Kier alpha value is -4.25. The van der Waals surface area contributed by atoms with Gasteiger partial charge in [0.15, 0.2) is 16.6 Å². The van der Waals surface area contributed by atoms with Gasteiger partial charge in [0.1, 0.15) is 0 Å². The number of aromatic nitrogens is 1. The molecule has 0 saturated heterocycles. The molecule has 1 aromatic carbocycles. The van der Waals surface area contributed by atoms with E-state index in [0.717, 1.165) is 11.8 Å². The number of hydrazone groups is 1. The fraction of sp³-hybridized carbons (Fsp3) is 0. The van der Waals surface area contributed by atoms with E-state index in [1.54, 1.807) is 47.2 Å². The first-order valence-electron chi connectivity index (χ1n) is 8.97. The maximum atomic E-state index is 12.6. The number of nitrogens with zero attached hydrogens (tertiary/aromatic N) is 5. The molecule has 4 heterocycles. The van der Waals surface area contributed by atoms with E-state index in [4.69, 9.17) is 9.83 Å². The summed E-state index contributed by atoms with van der Waals surface area (Å²) in [5.41, 5.74) is 1.13. The van der Waals surface area contributed by atoms with Crippen molar-refractivity contribution in [3.63, 3.8) is 0 Å². The van der Waals surface area contributed by atoms with Crippen molar-refractivity contribution in [1.29, 1.82) is 5.41 Å². The minimum atomic E-state index is -0.563. The highest BCUT2D eigenvalue weighted by Crippen LogP contribution is 2.31. The molecule has 10 nitrogen and oxygen atoms in total. The molecule has 0 unspecified atom stereocenters. The average molecular weight is 432 g/mol. The normalized spacial score (nSPS) is 17.0. The van der Waals surface area contributed by atoms with Gasteiger partial charge in [-0.15, -0.1) is 0 Å². The van der Waals surface area contributed by atoms with Gasteiger partial charge in [-0.2, -0.15) is 15.1 Å². The molecule has 0 fully saturated rings. The van der Waals surface area contributed by atoms with Gasteiger partial charge in [-0.1, -0.05) is 6.07 Å². The molecular weight excluding hydrogens is 420 g/mol. The topological polar surface area (TPSA) is 130 Å². The molecule has 31 heavy (non-hydrogen) atoms. The SMILES string of the molecule is N=C1/C(=C/c2cccn2-c2cccc([N+](=O)[O-])c2)C(=O)N=C2SC(c3ccco3)=NN12. The number of aliphatic imine (C=N–C) groups is 1. The van der Waals surface area contributed by atoms with Crippen molar-refractivity contribution in [3.05, 3.63) is 88.1 Å². The maximum Gasteiger partial charge on any atom is 0.283 e. The van der Waals surface area contributed by atoms with E-state index < -0.39 is 10.8 Å². The van der Waals surface area contributed by atoms with E-state index in [0.29, 0.717) is 22.2 Å². The second-order valence-corrected chi connectivity index (χ2v) is 7.44. The van der Waals surface area contributed by atoms with Crippen LogP contribution in [-0.2, 0) is 4.79 Å². The zero-order valence-electron chi connectivity index (χ0n) is 15.6. The smallest absolute Gasteiger partial charge is 0.283 e. The molecule has 2 aliphatic rings. The first kappa shape index (κ1) is 18.8. The number of non-ortho nitro benzene ring substituents is 1.